The maximum atomic E-state index is 14.3. The lowest BCUT2D eigenvalue weighted by molar-refractivity contribution is -0.454. The first-order valence-corrected chi connectivity index (χ1v) is 16.2. The predicted molar refractivity (Wildman–Crippen MR) is 166 cm³/mol. The molecule has 45 heavy (non-hydrogen) atoms. The first kappa shape index (κ1) is 31.5. The van der Waals surface area contributed by atoms with E-state index in [1.165, 1.54) is 42.6 Å². The van der Waals surface area contributed by atoms with Gasteiger partial charge in [-0.15, -0.1) is 4.90 Å². The number of aliphatic carboxylic acids is 1. The molecule has 2 N–H and O–H groups in total. The van der Waals surface area contributed by atoms with E-state index >= 15 is 0 Å². The Kier molecular flexibility index (Phi) is 8.20. The number of nitrogens with zero attached hydrogens (tertiary/aromatic N) is 3. The number of benzene rings is 1. The summed E-state index contributed by atoms with van der Waals surface area (Å²) >= 11 is 1.24. The van der Waals surface area contributed by atoms with Crippen LogP contribution < -0.4 is 4.74 Å². The third kappa shape index (κ3) is 5.40. The van der Waals surface area contributed by atoms with E-state index in [2.05, 4.69) is 4.98 Å². The summed E-state index contributed by atoms with van der Waals surface area (Å²) in [6, 6.07) is 6.75. The molecule has 2 saturated carbocycles. The Bertz CT molecular complexity index is 1570. The zero-order chi connectivity index (χ0) is 32.3. The number of aromatic nitrogens is 1. The van der Waals surface area contributed by atoms with Crippen LogP contribution in [0.4, 0.5) is 4.79 Å². The number of aliphatic hydroxyl groups is 1. The maximum absolute atomic E-state index is 14.3. The minimum absolute atomic E-state index is 0.0222. The Labute approximate surface area is 266 Å². The summed E-state index contributed by atoms with van der Waals surface area (Å²) in [6.45, 7) is 6.54. The number of imide groups is 1. The van der Waals surface area contributed by atoms with E-state index in [0.717, 1.165) is 42.6 Å². The number of thioether (sulfide) groups is 1. The molecule has 2 aliphatic heterocycles. The largest absolute Gasteiger partial charge is 0.502 e. The molecule has 11 nitrogen and oxygen atoms in total. The summed E-state index contributed by atoms with van der Waals surface area (Å²) < 4.78 is 19.6. The van der Waals surface area contributed by atoms with Gasteiger partial charge >= 0.3 is 17.9 Å². The third-order valence-corrected chi connectivity index (χ3v) is 11.4. The monoisotopic (exact) mass is 638 g/mol. The molecule has 2 aliphatic carbocycles. The summed E-state index contributed by atoms with van der Waals surface area (Å²) in [5.41, 5.74) is -1.05. The van der Waals surface area contributed by atoms with Crippen LogP contribution in [0, 0.1) is 17.8 Å². The fourth-order valence-electron chi connectivity index (χ4n) is 7.49. The van der Waals surface area contributed by atoms with Crippen molar-refractivity contribution >= 4 is 39.6 Å². The molecule has 2 fully saturated rings. The summed E-state index contributed by atoms with van der Waals surface area (Å²) in [5, 5.41) is 21.5. The smallest absolute Gasteiger partial charge is 0.496 e. The van der Waals surface area contributed by atoms with Gasteiger partial charge in [0.15, 0.2) is 11.0 Å². The first-order valence-electron chi connectivity index (χ1n) is 15.4. The zero-order valence-electron chi connectivity index (χ0n) is 26.2. The van der Waals surface area contributed by atoms with Crippen LogP contribution in [0.3, 0.4) is 0 Å². The number of hydrogen-bond acceptors (Lipinski definition) is 9. The molecule has 2 aromatic rings. The zero-order valence-corrected chi connectivity index (χ0v) is 27.0. The van der Waals surface area contributed by atoms with Crippen molar-refractivity contribution in [3.63, 3.8) is 0 Å². The molecule has 240 valence electrons. The Morgan fingerprint density at radius 2 is 1.93 bits per heavy atom. The Hall–Kier alpha value is -3.48. The maximum Gasteiger partial charge on any atom is 0.502 e. The van der Waals surface area contributed by atoms with Crippen molar-refractivity contribution in [3.05, 3.63) is 53.8 Å². The van der Waals surface area contributed by atoms with Gasteiger partial charge in [0.05, 0.1) is 29.9 Å². The van der Waals surface area contributed by atoms with Gasteiger partial charge in [-0.1, -0.05) is 25.1 Å². The van der Waals surface area contributed by atoms with Gasteiger partial charge in [0.2, 0.25) is 11.4 Å². The third-order valence-electron chi connectivity index (χ3n) is 10.0. The summed E-state index contributed by atoms with van der Waals surface area (Å²) in [4.78, 5) is 46.4. The number of methoxy groups -OCH3 is 1. The van der Waals surface area contributed by atoms with E-state index in [0.29, 0.717) is 39.0 Å². The second-order valence-corrected chi connectivity index (χ2v) is 14.2. The summed E-state index contributed by atoms with van der Waals surface area (Å²) in [6.07, 6.45) is 6.03. The van der Waals surface area contributed by atoms with E-state index in [1.54, 1.807) is 14.0 Å². The molecular formula is C33H40N3O8S+. The molecule has 0 bridgehead atoms. The van der Waals surface area contributed by atoms with Crippen molar-refractivity contribution in [2.45, 2.75) is 83.1 Å². The lowest BCUT2D eigenvalue weighted by atomic mass is 9.93. The lowest BCUT2D eigenvalue weighted by Crippen LogP contribution is -2.63. The SMILES string of the molecule is CCC1(O)C[C@H]2CC(OC(C[N+]3=C4SC(c5ncco5)=C(C)C4C(=O)N(C(C)(C)C(=O)O)C3=O)c3ccccc3OC)C[C@H]2C1. The van der Waals surface area contributed by atoms with E-state index in [-0.39, 0.29) is 12.6 Å². The van der Waals surface area contributed by atoms with Crippen molar-refractivity contribution < 1.29 is 43.1 Å². The minimum Gasteiger partial charge on any atom is -0.496 e. The normalized spacial score (nSPS) is 29.0. The van der Waals surface area contributed by atoms with Crippen molar-refractivity contribution in [2.75, 3.05) is 13.7 Å². The highest BCUT2D eigenvalue weighted by Crippen LogP contribution is 2.52. The Balaban J connectivity index is 1.40. The molecule has 0 spiro atoms. The van der Waals surface area contributed by atoms with Crippen molar-refractivity contribution in [3.8, 4) is 5.75 Å². The number of fused-ring (bicyclic) bond motifs is 2. The number of rotatable bonds is 10. The van der Waals surface area contributed by atoms with Crippen LogP contribution in [0.15, 0.2) is 46.7 Å². The average Bonchev–Trinajstić information content (AvgIpc) is 3.78. The predicted octanol–water partition coefficient (Wildman–Crippen LogP) is 5.10. The average molecular weight is 639 g/mol. The highest BCUT2D eigenvalue weighted by atomic mass is 32.2. The lowest BCUT2D eigenvalue weighted by Gasteiger charge is -2.33. The van der Waals surface area contributed by atoms with Gasteiger partial charge in [-0.25, -0.2) is 14.6 Å². The highest BCUT2D eigenvalue weighted by molar-refractivity contribution is 8.22. The van der Waals surface area contributed by atoms with Gasteiger partial charge < -0.3 is 24.1 Å². The van der Waals surface area contributed by atoms with Crippen LogP contribution >= 0.6 is 11.8 Å². The van der Waals surface area contributed by atoms with E-state index in [1.807, 2.05) is 31.2 Å². The molecule has 1 aromatic heterocycles. The molecular weight excluding hydrogens is 598 g/mol. The topological polar surface area (TPSA) is 142 Å². The number of carbonyl (C=O) groups excluding carboxylic acids is 2. The molecule has 3 amide bonds. The van der Waals surface area contributed by atoms with Gasteiger partial charge in [-0.2, -0.15) is 9.37 Å². The van der Waals surface area contributed by atoms with Gasteiger partial charge in [0.1, 0.15) is 24.7 Å². The number of amides is 3. The van der Waals surface area contributed by atoms with E-state index in [4.69, 9.17) is 13.9 Å². The van der Waals surface area contributed by atoms with E-state index < -0.39 is 41.1 Å². The number of para-hydroxylation sites is 1. The van der Waals surface area contributed by atoms with Crippen LogP contribution in [0.5, 0.6) is 5.75 Å². The molecule has 3 heterocycles. The van der Waals surface area contributed by atoms with Gasteiger partial charge in [-0.05, 0) is 88.1 Å². The summed E-state index contributed by atoms with van der Waals surface area (Å²) in [7, 11) is 1.58. The number of oxazole rings is 1. The molecule has 12 heteroatoms. The number of hydrogen-bond donors (Lipinski definition) is 2. The van der Waals surface area contributed by atoms with Crippen LogP contribution in [-0.2, 0) is 14.3 Å². The Morgan fingerprint density at radius 1 is 1.24 bits per heavy atom. The van der Waals surface area contributed by atoms with Crippen molar-refractivity contribution in [1.82, 2.24) is 9.88 Å². The molecule has 1 aromatic carbocycles. The second-order valence-electron chi connectivity index (χ2n) is 13.1. The molecule has 0 saturated heterocycles. The second kappa shape index (κ2) is 11.7. The van der Waals surface area contributed by atoms with Crippen LogP contribution in [-0.4, -0.2) is 78.5 Å². The van der Waals surface area contributed by atoms with Crippen LogP contribution in [0.25, 0.3) is 4.91 Å². The van der Waals surface area contributed by atoms with Crippen molar-refractivity contribution in [2.24, 2.45) is 17.8 Å². The molecule has 4 aliphatic rings. The number of carboxylic acid groups (broad SMARTS) is 1. The molecule has 6 rings (SSSR count). The number of urea groups is 1. The molecule has 4 unspecified atom stereocenters. The minimum atomic E-state index is -1.81. The Morgan fingerprint density at radius 3 is 2.53 bits per heavy atom. The molecule has 0 radical (unpaired) electrons. The van der Waals surface area contributed by atoms with Crippen LogP contribution in [0.2, 0.25) is 0 Å². The summed E-state index contributed by atoms with van der Waals surface area (Å²) in [5.74, 6) is -1.14. The number of carboxylic acids is 1. The fourth-order valence-corrected chi connectivity index (χ4v) is 8.82. The van der Waals surface area contributed by atoms with Crippen molar-refractivity contribution in [1.29, 1.82) is 0 Å². The standard InChI is InChI=1S/C33H39N3O8S/c1-6-33(41)15-19-13-21(14-20(19)16-33)44-24(22-9-7-8-10-23(22)42-5)17-35-29-25(18(2)26(45-29)27-34-11-12-43-27)28(37)36(31(35)40)32(3,4)30(38)39/h7-12,19-21,24-25,41H,6,13-17H2,1-5H3/p+1/t19-,20+,21?,24?,25?,33?. The highest BCUT2D eigenvalue weighted by Gasteiger charge is 2.60. The number of carbonyl (C=O) groups is 3. The van der Waals surface area contributed by atoms with Crippen LogP contribution in [0.1, 0.15) is 77.4 Å². The quantitative estimate of drug-likeness (QED) is 0.338. The number of ether oxygens (including phenoxy) is 2. The first-order chi connectivity index (χ1) is 21.4. The van der Waals surface area contributed by atoms with Gasteiger partial charge in [0, 0.05) is 5.56 Å². The van der Waals surface area contributed by atoms with Gasteiger partial charge in [0.25, 0.3) is 0 Å². The van der Waals surface area contributed by atoms with E-state index in [9.17, 15) is 24.6 Å². The fraction of sp³-hybridized carbons (Fsp3) is 0.545. The molecule has 6 atom stereocenters. The van der Waals surface area contributed by atoms with Gasteiger partial charge in [-0.3, -0.25) is 0 Å².